The van der Waals surface area contributed by atoms with Gasteiger partial charge in [0.2, 0.25) is 15.9 Å². The van der Waals surface area contributed by atoms with Crippen molar-refractivity contribution < 1.29 is 13.2 Å². The third-order valence-corrected chi connectivity index (χ3v) is 5.88. The predicted molar refractivity (Wildman–Crippen MR) is 73.2 cm³/mol. The van der Waals surface area contributed by atoms with E-state index in [0.29, 0.717) is 18.6 Å². The topological polar surface area (TPSA) is 69.7 Å². The third-order valence-electron chi connectivity index (χ3n) is 4.07. The minimum atomic E-state index is -3.28. The van der Waals surface area contributed by atoms with Gasteiger partial charge in [-0.15, -0.1) is 0 Å². The quantitative estimate of drug-likeness (QED) is 0.766. The van der Waals surface area contributed by atoms with Crippen molar-refractivity contribution >= 4 is 15.9 Å². The largest absolute Gasteiger partial charge is 0.340 e. The summed E-state index contributed by atoms with van der Waals surface area (Å²) in [5.41, 5.74) is 0. The van der Waals surface area contributed by atoms with Crippen molar-refractivity contribution in [2.75, 3.05) is 32.4 Å². The number of likely N-dealkylation sites (tertiary alicyclic amines) is 1. The van der Waals surface area contributed by atoms with Crippen molar-refractivity contribution in [2.24, 2.45) is 0 Å². The molecule has 0 aliphatic carbocycles. The number of carbonyl (C=O) groups excluding carboxylic acids is 1. The summed E-state index contributed by atoms with van der Waals surface area (Å²) in [7, 11) is -1.81. The van der Waals surface area contributed by atoms with Crippen LogP contribution in [0.15, 0.2) is 0 Å². The SMILES string of the molecule is CCS(=O)(=O)N(C)CC(=O)N1CCC2CCC(C1)N2. The average Bonchev–Trinajstić information content (AvgIpc) is 2.68. The van der Waals surface area contributed by atoms with Crippen LogP contribution < -0.4 is 5.32 Å². The first kappa shape index (κ1) is 14.7. The summed E-state index contributed by atoms with van der Waals surface area (Å²) in [6.45, 7) is 2.97. The molecule has 2 heterocycles. The van der Waals surface area contributed by atoms with Crippen molar-refractivity contribution in [3.63, 3.8) is 0 Å². The normalized spacial score (nSPS) is 27.6. The molecular weight excluding hydrogens is 266 g/mol. The van der Waals surface area contributed by atoms with E-state index < -0.39 is 10.0 Å². The number of nitrogens with one attached hydrogen (secondary N) is 1. The van der Waals surface area contributed by atoms with Crippen LogP contribution in [0.2, 0.25) is 0 Å². The lowest BCUT2D eigenvalue weighted by molar-refractivity contribution is -0.131. The molecule has 1 N–H and O–H groups in total. The van der Waals surface area contributed by atoms with Crippen molar-refractivity contribution in [2.45, 2.75) is 38.3 Å². The van der Waals surface area contributed by atoms with Gasteiger partial charge in [-0.3, -0.25) is 4.79 Å². The van der Waals surface area contributed by atoms with Gasteiger partial charge in [-0.25, -0.2) is 8.42 Å². The second-order valence-electron chi connectivity index (χ2n) is 5.42. The van der Waals surface area contributed by atoms with Gasteiger partial charge in [0.15, 0.2) is 0 Å². The fourth-order valence-corrected chi connectivity index (χ4v) is 3.53. The molecule has 0 spiro atoms. The predicted octanol–water partition coefficient (Wildman–Crippen LogP) is -0.379. The molecule has 0 aromatic heterocycles. The number of hydrogen-bond donors (Lipinski definition) is 1. The number of hydrogen-bond acceptors (Lipinski definition) is 4. The Hall–Kier alpha value is -0.660. The molecule has 0 aromatic rings. The van der Waals surface area contributed by atoms with Gasteiger partial charge in [-0.2, -0.15) is 4.31 Å². The van der Waals surface area contributed by atoms with Gasteiger partial charge >= 0.3 is 0 Å². The van der Waals surface area contributed by atoms with Crippen LogP contribution in [0.5, 0.6) is 0 Å². The average molecular weight is 289 g/mol. The van der Waals surface area contributed by atoms with E-state index in [1.54, 1.807) is 11.8 Å². The summed E-state index contributed by atoms with van der Waals surface area (Å²) >= 11 is 0. The maximum Gasteiger partial charge on any atom is 0.237 e. The summed E-state index contributed by atoms with van der Waals surface area (Å²) < 4.78 is 24.5. The molecule has 2 fully saturated rings. The summed E-state index contributed by atoms with van der Waals surface area (Å²) in [6.07, 6.45) is 3.26. The van der Waals surface area contributed by atoms with Crippen LogP contribution in [0.3, 0.4) is 0 Å². The Kier molecular flexibility index (Phi) is 4.47. The highest BCUT2D eigenvalue weighted by molar-refractivity contribution is 7.89. The van der Waals surface area contributed by atoms with Gasteiger partial charge < -0.3 is 10.2 Å². The summed E-state index contributed by atoms with van der Waals surface area (Å²) in [5, 5.41) is 3.51. The first-order valence-electron chi connectivity index (χ1n) is 6.90. The second-order valence-corrected chi connectivity index (χ2v) is 7.79. The van der Waals surface area contributed by atoms with Crippen molar-refractivity contribution in [3.05, 3.63) is 0 Å². The monoisotopic (exact) mass is 289 g/mol. The van der Waals surface area contributed by atoms with Crippen molar-refractivity contribution in [1.82, 2.24) is 14.5 Å². The molecule has 19 heavy (non-hydrogen) atoms. The van der Waals surface area contributed by atoms with E-state index in [2.05, 4.69) is 5.32 Å². The third kappa shape index (κ3) is 3.46. The zero-order chi connectivity index (χ0) is 14.0. The molecule has 2 aliphatic rings. The lowest BCUT2D eigenvalue weighted by atomic mass is 10.1. The molecular formula is C12H23N3O3S. The van der Waals surface area contributed by atoms with Crippen LogP contribution in [0, 0.1) is 0 Å². The van der Waals surface area contributed by atoms with Gasteiger partial charge in [0.05, 0.1) is 12.3 Å². The van der Waals surface area contributed by atoms with Gasteiger partial charge in [-0.05, 0) is 26.2 Å². The number of sulfonamides is 1. The smallest absolute Gasteiger partial charge is 0.237 e. The van der Waals surface area contributed by atoms with Gasteiger partial charge in [0.25, 0.3) is 0 Å². The Morgan fingerprint density at radius 2 is 2.00 bits per heavy atom. The zero-order valence-electron chi connectivity index (χ0n) is 11.6. The number of likely N-dealkylation sites (N-methyl/N-ethyl adjacent to an activating group) is 1. The lowest BCUT2D eigenvalue weighted by Gasteiger charge is -2.26. The molecule has 0 saturated carbocycles. The van der Waals surface area contributed by atoms with E-state index in [1.165, 1.54) is 13.5 Å². The molecule has 2 saturated heterocycles. The van der Waals surface area contributed by atoms with Crippen LogP contribution >= 0.6 is 0 Å². The molecule has 6 nitrogen and oxygen atoms in total. The number of nitrogens with zero attached hydrogens (tertiary/aromatic N) is 2. The van der Waals surface area contributed by atoms with E-state index in [0.717, 1.165) is 23.7 Å². The van der Waals surface area contributed by atoms with Gasteiger partial charge in [0, 0.05) is 32.2 Å². The highest BCUT2D eigenvalue weighted by atomic mass is 32.2. The van der Waals surface area contributed by atoms with Crippen molar-refractivity contribution in [1.29, 1.82) is 0 Å². The fourth-order valence-electron chi connectivity index (χ4n) is 2.78. The highest BCUT2D eigenvalue weighted by Gasteiger charge is 2.32. The zero-order valence-corrected chi connectivity index (χ0v) is 12.4. The van der Waals surface area contributed by atoms with Crippen LogP contribution in [-0.2, 0) is 14.8 Å². The summed E-state index contributed by atoms with van der Waals surface area (Å²) in [4.78, 5) is 14.0. The van der Waals surface area contributed by atoms with E-state index >= 15 is 0 Å². The fraction of sp³-hybridized carbons (Fsp3) is 0.917. The van der Waals surface area contributed by atoms with Crippen LogP contribution in [0.25, 0.3) is 0 Å². The van der Waals surface area contributed by atoms with E-state index in [4.69, 9.17) is 0 Å². The summed E-state index contributed by atoms with van der Waals surface area (Å²) in [6, 6.07) is 0.907. The molecule has 110 valence electrons. The minimum absolute atomic E-state index is 0.0308. The highest BCUT2D eigenvalue weighted by Crippen LogP contribution is 2.20. The maximum absolute atomic E-state index is 12.2. The van der Waals surface area contributed by atoms with Crippen molar-refractivity contribution in [3.8, 4) is 0 Å². The number of amides is 1. The van der Waals surface area contributed by atoms with Crippen LogP contribution in [0.1, 0.15) is 26.2 Å². The van der Waals surface area contributed by atoms with E-state index in [1.807, 2.05) is 0 Å². The molecule has 2 bridgehead atoms. The molecule has 0 radical (unpaired) electrons. The van der Waals surface area contributed by atoms with Gasteiger partial charge in [-0.1, -0.05) is 0 Å². The van der Waals surface area contributed by atoms with E-state index in [-0.39, 0.29) is 18.2 Å². The Morgan fingerprint density at radius 3 is 2.68 bits per heavy atom. The Bertz CT molecular complexity index is 438. The maximum atomic E-state index is 12.2. The lowest BCUT2D eigenvalue weighted by Crippen LogP contribution is -2.44. The van der Waals surface area contributed by atoms with Crippen LogP contribution in [-0.4, -0.2) is 68.0 Å². The van der Waals surface area contributed by atoms with Gasteiger partial charge in [0.1, 0.15) is 0 Å². The molecule has 0 aromatic carbocycles. The molecule has 1 amide bonds. The number of carbonyl (C=O) groups is 1. The first-order valence-corrected chi connectivity index (χ1v) is 8.51. The Balaban J connectivity index is 1.93. The van der Waals surface area contributed by atoms with Crippen LogP contribution in [0.4, 0.5) is 0 Å². The first-order chi connectivity index (χ1) is 8.92. The standard InChI is InChI=1S/C12H23N3O3S/c1-3-19(17,18)14(2)9-12(16)15-7-6-10-4-5-11(8-15)13-10/h10-11,13H,3-9H2,1-2H3. The molecule has 2 rings (SSSR count). The Labute approximate surface area is 115 Å². The molecule has 2 atom stereocenters. The molecule has 7 heteroatoms. The van der Waals surface area contributed by atoms with E-state index in [9.17, 15) is 13.2 Å². The second kappa shape index (κ2) is 5.76. The molecule has 2 unspecified atom stereocenters. The minimum Gasteiger partial charge on any atom is -0.340 e. The summed E-state index contributed by atoms with van der Waals surface area (Å²) in [5.74, 6) is -0.0582. The number of fused-ring (bicyclic) bond motifs is 2. The molecule has 2 aliphatic heterocycles. The number of rotatable bonds is 4. The Morgan fingerprint density at radius 1 is 1.32 bits per heavy atom.